The number of aromatic nitrogens is 3. The summed E-state index contributed by atoms with van der Waals surface area (Å²) in [4.78, 5) is 12.4. The molecule has 1 aliphatic rings. The fourth-order valence-electron chi connectivity index (χ4n) is 3.06. The van der Waals surface area contributed by atoms with E-state index >= 15 is 0 Å². The molecule has 146 valence electrons. The number of carbonyl (C=O) groups is 1. The summed E-state index contributed by atoms with van der Waals surface area (Å²) in [7, 11) is -3.54. The van der Waals surface area contributed by atoms with Crippen molar-refractivity contribution in [2.24, 2.45) is 0 Å². The van der Waals surface area contributed by atoms with Crippen LogP contribution in [0.3, 0.4) is 0 Å². The van der Waals surface area contributed by atoms with Crippen LogP contribution in [0.1, 0.15) is 12.8 Å². The summed E-state index contributed by atoms with van der Waals surface area (Å²) in [6.07, 6.45) is 3.46. The van der Waals surface area contributed by atoms with Gasteiger partial charge in [0.25, 0.3) is 5.91 Å². The van der Waals surface area contributed by atoms with Gasteiger partial charge in [0.1, 0.15) is 0 Å². The molecule has 1 saturated heterocycles. The Hall–Kier alpha value is -2.98. The first-order chi connectivity index (χ1) is 13.5. The van der Waals surface area contributed by atoms with Crippen molar-refractivity contribution in [2.45, 2.75) is 17.7 Å². The lowest BCUT2D eigenvalue weighted by molar-refractivity contribution is -0.118. The topological polar surface area (TPSA) is 106 Å². The van der Waals surface area contributed by atoms with Crippen LogP contribution in [0.2, 0.25) is 0 Å². The van der Waals surface area contributed by atoms with E-state index in [0.717, 1.165) is 12.8 Å². The third-order valence-electron chi connectivity index (χ3n) is 4.44. The zero-order chi connectivity index (χ0) is 19.6. The van der Waals surface area contributed by atoms with Crippen LogP contribution in [0, 0.1) is 0 Å². The zero-order valence-electron chi connectivity index (χ0n) is 15.0. The van der Waals surface area contributed by atoms with Gasteiger partial charge in [-0.25, -0.2) is 8.42 Å². The van der Waals surface area contributed by atoms with E-state index in [4.69, 9.17) is 4.74 Å². The average Bonchev–Trinajstić information content (AvgIpc) is 3.37. The molecular weight excluding hydrogens is 382 g/mol. The molecule has 3 heterocycles. The molecular formula is C18H19N5O4S. The summed E-state index contributed by atoms with van der Waals surface area (Å²) in [5, 5.41) is 10.5. The Bertz CT molecular complexity index is 1110. The van der Waals surface area contributed by atoms with Crippen molar-refractivity contribution < 1.29 is 17.9 Å². The molecule has 2 aromatic heterocycles. The number of fused-ring (bicyclic) bond motifs is 1. The van der Waals surface area contributed by atoms with Gasteiger partial charge in [-0.3, -0.25) is 9.20 Å². The molecule has 0 radical (unpaired) electrons. The highest BCUT2D eigenvalue weighted by atomic mass is 32.2. The molecule has 0 unspecified atom stereocenters. The standard InChI is InChI=1S/C18H19N5O4S/c24-17(13-27-18-21-20-16-8-1-2-11-23(16)18)19-14-6-5-7-15(12-14)28(25,26)22-9-3-4-10-22/h1-2,5-8,11-12H,3-4,9-10,13H2,(H,19,24). The third kappa shape index (κ3) is 3.69. The summed E-state index contributed by atoms with van der Waals surface area (Å²) >= 11 is 0. The minimum absolute atomic E-state index is 0.163. The van der Waals surface area contributed by atoms with Crippen LogP contribution in [-0.2, 0) is 14.8 Å². The SMILES string of the molecule is O=C(COc1nnc2ccccn12)Nc1cccc(S(=O)(=O)N2CCCC2)c1. The van der Waals surface area contributed by atoms with Gasteiger partial charge >= 0.3 is 6.01 Å². The maximum Gasteiger partial charge on any atom is 0.322 e. The number of carbonyl (C=O) groups excluding carboxylic acids is 1. The largest absolute Gasteiger partial charge is 0.453 e. The van der Waals surface area contributed by atoms with Crippen molar-refractivity contribution in [2.75, 3.05) is 25.0 Å². The van der Waals surface area contributed by atoms with Gasteiger partial charge in [-0.1, -0.05) is 17.2 Å². The van der Waals surface area contributed by atoms with Gasteiger partial charge in [-0.15, -0.1) is 5.10 Å². The Morgan fingerprint density at radius 2 is 1.93 bits per heavy atom. The van der Waals surface area contributed by atoms with Gasteiger partial charge in [-0.05, 0) is 43.2 Å². The number of nitrogens with one attached hydrogen (secondary N) is 1. The molecule has 1 amide bonds. The van der Waals surface area contributed by atoms with Crippen molar-refractivity contribution in [3.8, 4) is 6.01 Å². The first-order valence-corrected chi connectivity index (χ1v) is 10.3. The summed E-state index contributed by atoms with van der Waals surface area (Å²) in [5.74, 6) is -0.427. The fraction of sp³-hybridized carbons (Fsp3) is 0.278. The van der Waals surface area contributed by atoms with E-state index in [9.17, 15) is 13.2 Å². The Kier molecular flexibility index (Phi) is 4.97. The van der Waals surface area contributed by atoms with Crippen molar-refractivity contribution in [3.63, 3.8) is 0 Å². The number of rotatable bonds is 6. The number of pyridine rings is 1. The van der Waals surface area contributed by atoms with Crippen LogP contribution >= 0.6 is 0 Å². The Morgan fingerprint density at radius 3 is 2.75 bits per heavy atom. The lowest BCUT2D eigenvalue weighted by Gasteiger charge is -2.16. The highest BCUT2D eigenvalue weighted by Gasteiger charge is 2.27. The number of nitrogens with zero attached hydrogens (tertiary/aromatic N) is 4. The zero-order valence-corrected chi connectivity index (χ0v) is 15.8. The van der Waals surface area contributed by atoms with Crippen molar-refractivity contribution in [3.05, 3.63) is 48.7 Å². The van der Waals surface area contributed by atoms with Crippen LogP contribution in [0.4, 0.5) is 5.69 Å². The van der Waals surface area contributed by atoms with Gasteiger partial charge in [-0.2, -0.15) is 4.31 Å². The number of anilines is 1. The number of ether oxygens (including phenoxy) is 1. The Morgan fingerprint density at radius 1 is 1.11 bits per heavy atom. The van der Waals surface area contributed by atoms with Crippen LogP contribution in [0.25, 0.3) is 5.65 Å². The number of hydrogen-bond donors (Lipinski definition) is 1. The summed E-state index contributed by atoms with van der Waals surface area (Å²) in [6, 6.07) is 11.8. The maximum absolute atomic E-state index is 12.6. The molecule has 1 fully saturated rings. The smallest absolute Gasteiger partial charge is 0.322 e. The number of benzene rings is 1. The summed E-state index contributed by atoms with van der Waals surface area (Å²) in [5.41, 5.74) is 0.998. The first-order valence-electron chi connectivity index (χ1n) is 8.87. The number of sulfonamides is 1. The minimum atomic E-state index is -3.54. The Labute approximate surface area is 162 Å². The molecule has 0 spiro atoms. The molecule has 3 aromatic rings. The monoisotopic (exact) mass is 401 g/mol. The molecule has 4 rings (SSSR count). The molecule has 9 nitrogen and oxygen atoms in total. The minimum Gasteiger partial charge on any atom is -0.453 e. The molecule has 1 aromatic carbocycles. The highest BCUT2D eigenvalue weighted by molar-refractivity contribution is 7.89. The van der Waals surface area contributed by atoms with Crippen LogP contribution in [0.5, 0.6) is 6.01 Å². The van der Waals surface area contributed by atoms with Crippen molar-refractivity contribution >= 4 is 27.3 Å². The van der Waals surface area contributed by atoms with E-state index in [1.54, 1.807) is 34.9 Å². The summed E-state index contributed by atoms with van der Waals surface area (Å²) in [6.45, 7) is 0.775. The van der Waals surface area contributed by atoms with E-state index in [1.165, 1.54) is 16.4 Å². The Balaban J connectivity index is 1.42. The van der Waals surface area contributed by atoms with Gasteiger partial charge in [0, 0.05) is 25.0 Å². The molecule has 0 atom stereocenters. The van der Waals surface area contributed by atoms with E-state index in [0.29, 0.717) is 24.4 Å². The molecule has 0 bridgehead atoms. The second-order valence-electron chi connectivity index (χ2n) is 6.39. The molecule has 1 N–H and O–H groups in total. The lowest BCUT2D eigenvalue weighted by Crippen LogP contribution is -2.28. The number of hydrogen-bond acceptors (Lipinski definition) is 6. The van der Waals surface area contributed by atoms with Gasteiger partial charge in [0.05, 0.1) is 4.90 Å². The van der Waals surface area contributed by atoms with Crippen LogP contribution < -0.4 is 10.1 Å². The first kappa shape index (κ1) is 18.4. The molecule has 0 aliphatic carbocycles. The van der Waals surface area contributed by atoms with E-state index in [-0.39, 0.29) is 17.5 Å². The lowest BCUT2D eigenvalue weighted by atomic mass is 10.3. The summed E-state index contributed by atoms with van der Waals surface area (Å²) < 4.78 is 33.8. The second-order valence-corrected chi connectivity index (χ2v) is 8.33. The van der Waals surface area contributed by atoms with Crippen molar-refractivity contribution in [1.29, 1.82) is 0 Å². The van der Waals surface area contributed by atoms with E-state index in [1.807, 2.05) is 6.07 Å². The fourth-order valence-corrected chi connectivity index (χ4v) is 4.62. The predicted octanol–water partition coefficient (Wildman–Crippen LogP) is 1.53. The van der Waals surface area contributed by atoms with E-state index < -0.39 is 15.9 Å². The molecule has 10 heteroatoms. The van der Waals surface area contributed by atoms with Gasteiger partial charge < -0.3 is 10.1 Å². The highest BCUT2D eigenvalue weighted by Crippen LogP contribution is 2.23. The average molecular weight is 401 g/mol. The molecule has 28 heavy (non-hydrogen) atoms. The molecule has 0 saturated carbocycles. The normalized spacial score (nSPS) is 15.0. The predicted molar refractivity (Wildman–Crippen MR) is 102 cm³/mol. The molecule has 1 aliphatic heterocycles. The quantitative estimate of drug-likeness (QED) is 0.671. The van der Waals surface area contributed by atoms with E-state index in [2.05, 4.69) is 15.5 Å². The van der Waals surface area contributed by atoms with Gasteiger partial charge in [0.2, 0.25) is 10.0 Å². The van der Waals surface area contributed by atoms with Crippen molar-refractivity contribution in [1.82, 2.24) is 18.9 Å². The van der Waals surface area contributed by atoms with Gasteiger partial charge in [0.15, 0.2) is 12.3 Å². The second kappa shape index (κ2) is 7.56. The van der Waals surface area contributed by atoms with Crippen LogP contribution in [-0.4, -0.2) is 52.9 Å². The maximum atomic E-state index is 12.6. The number of amides is 1. The third-order valence-corrected chi connectivity index (χ3v) is 6.33. The van der Waals surface area contributed by atoms with Crippen LogP contribution in [0.15, 0.2) is 53.6 Å².